The Morgan fingerprint density at radius 1 is 0.769 bits per heavy atom. The van der Waals surface area contributed by atoms with E-state index in [1.165, 1.54) is 0 Å². The maximum Gasteiger partial charge on any atom is 0.195 e. The molecule has 0 atom stereocenters. The Kier molecular flexibility index (Phi) is 5.89. The summed E-state index contributed by atoms with van der Waals surface area (Å²) in [6.45, 7) is 0. The lowest BCUT2D eigenvalue weighted by molar-refractivity contribution is 0.103. The van der Waals surface area contributed by atoms with Gasteiger partial charge in [-0.15, -0.1) is 0 Å². The summed E-state index contributed by atoms with van der Waals surface area (Å²) in [5.41, 5.74) is 2.33. The van der Waals surface area contributed by atoms with Gasteiger partial charge in [0, 0.05) is 11.1 Å². The monoisotopic (exact) mass is 400 g/mol. The summed E-state index contributed by atoms with van der Waals surface area (Å²) in [5.74, 6) is -0.0858. The van der Waals surface area contributed by atoms with Gasteiger partial charge in [-0.25, -0.2) is 0 Å². The van der Waals surface area contributed by atoms with E-state index in [0.717, 1.165) is 0 Å². The van der Waals surface area contributed by atoms with Gasteiger partial charge in [-0.1, -0.05) is 71.7 Å². The van der Waals surface area contributed by atoms with Crippen LogP contribution < -0.4 is 10.6 Å². The van der Waals surface area contributed by atoms with Crippen molar-refractivity contribution in [1.29, 1.82) is 0 Å². The van der Waals surface area contributed by atoms with Crippen LogP contribution in [0.4, 0.5) is 11.4 Å². The summed E-state index contributed by atoms with van der Waals surface area (Å²) in [5, 5.41) is 7.17. The van der Waals surface area contributed by atoms with Crippen LogP contribution in [0.1, 0.15) is 15.9 Å². The zero-order valence-corrected chi connectivity index (χ0v) is 15.8. The Hall–Kier alpha value is -2.40. The first-order valence-electron chi connectivity index (χ1n) is 7.77. The molecular formula is C20H14Cl2N2OS. The van der Waals surface area contributed by atoms with E-state index in [-0.39, 0.29) is 5.78 Å². The lowest BCUT2D eigenvalue weighted by Gasteiger charge is -2.14. The minimum absolute atomic E-state index is 0.0858. The van der Waals surface area contributed by atoms with Crippen LogP contribution in [0.5, 0.6) is 0 Å². The first kappa shape index (κ1) is 18.4. The Labute approximate surface area is 167 Å². The summed E-state index contributed by atoms with van der Waals surface area (Å²) >= 11 is 17.5. The fraction of sp³-hybridized carbons (Fsp3) is 0. The number of carbonyl (C=O) groups excluding carboxylic acids is 1. The molecule has 6 heteroatoms. The van der Waals surface area contributed by atoms with Crippen LogP contribution in [-0.2, 0) is 0 Å². The van der Waals surface area contributed by atoms with Gasteiger partial charge in [0.05, 0.1) is 21.4 Å². The lowest BCUT2D eigenvalue weighted by atomic mass is 10.0. The van der Waals surface area contributed by atoms with Crippen molar-refractivity contribution in [2.24, 2.45) is 0 Å². The van der Waals surface area contributed by atoms with Crippen molar-refractivity contribution in [1.82, 2.24) is 0 Å². The normalized spacial score (nSPS) is 10.2. The first-order valence-corrected chi connectivity index (χ1v) is 8.93. The molecule has 0 saturated heterocycles. The van der Waals surface area contributed by atoms with Crippen LogP contribution in [0.25, 0.3) is 0 Å². The molecule has 3 rings (SSSR count). The molecule has 0 bridgehead atoms. The van der Waals surface area contributed by atoms with Crippen molar-refractivity contribution in [3.05, 3.63) is 94.0 Å². The standard InChI is InChI=1S/C20H14Cl2N2OS/c21-15-10-6-12-17(18(15)22)24-20(26)23-16-11-5-4-9-14(16)19(25)13-7-2-1-3-8-13/h1-12H,(H2,23,24,26). The molecule has 3 aromatic rings. The number of para-hydroxylation sites is 1. The molecule has 3 aromatic carbocycles. The van der Waals surface area contributed by atoms with Crippen molar-refractivity contribution >= 4 is 57.7 Å². The minimum Gasteiger partial charge on any atom is -0.332 e. The van der Waals surface area contributed by atoms with Gasteiger partial charge in [0.1, 0.15) is 0 Å². The van der Waals surface area contributed by atoms with Crippen LogP contribution in [0.15, 0.2) is 72.8 Å². The summed E-state index contributed by atoms with van der Waals surface area (Å²) in [7, 11) is 0. The molecule has 0 fully saturated rings. The van der Waals surface area contributed by atoms with Crippen LogP contribution in [-0.4, -0.2) is 10.9 Å². The summed E-state index contributed by atoms with van der Waals surface area (Å²) < 4.78 is 0. The van der Waals surface area contributed by atoms with Crippen molar-refractivity contribution in [3.8, 4) is 0 Å². The van der Waals surface area contributed by atoms with Crippen LogP contribution >= 0.6 is 35.4 Å². The number of hydrogen-bond donors (Lipinski definition) is 2. The number of ketones is 1. The molecule has 0 radical (unpaired) electrons. The zero-order valence-electron chi connectivity index (χ0n) is 13.5. The molecule has 0 aliphatic carbocycles. The zero-order chi connectivity index (χ0) is 18.5. The fourth-order valence-corrected chi connectivity index (χ4v) is 2.98. The second kappa shape index (κ2) is 8.32. The second-order valence-corrected chi connectivity index (χ2v) is 6.61. The third kappa shape index (κ3) is 4.22. The van der Waals surface area contributed by atoms with E-state index in [0.29, 0.717) is 37.7 Å². The van der Waals surface area contributed by atoms with E-state index in [2.05, 4.69) is 10.6 Å². The van der Waals surface area contributed by atoms with E-state index < -0.39 is 0 Å². The van der Waals surface area contributed by atoms with Gasteiger partial charge in [0.25, 0.3) is 0 Å². The molecule has 2 N–H and O–H groups in total. The third-order valence-electron chi connectivity index (χ3n) is 3.66. The van der Waals surface area contributed by atoms with Crippen LogP contribution in [0, 0.1) is 0 Å². The molecule has 0 unspecified atom stereocenters. The van der Waals surface area contributed by atoms with E-state index in [1.54, 1.807) is 42.5 Å². The van der Waals surface area contributed by atoms with Crippen molar-refractivity contribution in [2.75, 3.05) is 10.6 Å². The molecule has 3 nitrogen and oxygen atoms in total. The molecule has 130 valence electrons. The molecular weight excluding hydrogens is 387 g/mol. The molecule has 0 saturated carbocycles. The van der Waals surface area contributed by atoms with Gasteiger partial charge in [0.2, 0.25) is 0 Å². The molecule has 0 aromatic heterocycles. The average Bonchev–Trinajstić information content (AvgIpc) is 2.66. The SMILES string of the molecule is O=C(c1ccccc1)c1ccccc1NC(=S)Nc1cccc(Cl)c1Cl. The Bertz CT molecular complexity index is 961. The summed E-state index contributed by atoms with van der Waals surface area (Å²) in [6.07, 6.45) is 0. The predicted molar refractivity (Wildman–Crippen MR) is 113 cm³/mol. The molecule has 0 spiro atoms. The van der Waals surface area contributed by atoms with Crippen LogP contribution in [0.2, 0.25) is 10.0 Å². The highest BCUT2D eigenvalue weighted by atomic mass is 35.5. The van der Waals surface area contributed by atoms with Gasteiger partial charge in [-0.05, 0) is 36.5 Å². The van der Waals surface area contributed by atoms with E-state index in [1.807, 2.05) is 30.3 Å². The second-order valence-electron chi connectivity index (χ2n) is 5.42. The number of rotatable bonds is 4. The minimum atomic E-state index is -0.0858. The maximum absolute atomic E-state index is 12.8. The number of hydrogen-bond acceptors (Lipinski definition) is 2. The van der Waals surface area contributed by atoms with E-state index in [4.69, 9.17) is 35.4 Å². The van der Waals surface area contributed by atoms with Crippen molar-refractivity contribution in [3.63, 3.8) is 0 Å². The summed E-state index contributed by atoms with van der Waals surface area (Å²) in [4.78, 5) is 12.8. The third-order valence-corrected chi connectivity index (χ3v) is 4.68. The maximum atomic E-state index is 12.8. The number of nitrogens with one attached hydrogen (secondary N) is 2. The smallest absolute Gasteiger partial charge is 0.195 e. The van der Waals surface area contributed by atoms with Crippen molar-refractivity contribution < 1.29 is 4.79 Å². The van der Waals surface area contributed by atoms with E-state index >= 15 is 0 Å². The number of carbonyl (C=O) groups is 1. The molecule has 0 heterocycles. The highest BCUT2D eigenvalue weighted by molar-refractivity contribution is 7.80. The molecule has 26 heavy (non-hydrogen) atoms. The van der Waals surface area contributed by atoms with Gasteiger partial charge in [-0.2, -0.15) is 0 Å². The Morgan fingerprint density at radius 3 is 2.15 bits per heavy atom. The van der Waals surface area contributed by atoms with E-state index in [9.17, 15) is 4.79 Å². The predicted octanol–water partition coefficient (Wildman–Crippen LogP) is 6.03. The quantitative estimate of drug-likeness (QED) is 0.414. The van der Waals surface area contributed by atoms with Gasteiger partial charge >= 0.3 is 0 Å². The number of benzene rings is 3. The number of anilines is 2. The number of halogens is 2. The first-order chi connectivity index (χ1) is 12.6. The topological polar surface area (TPSA) is 41.1 Å². The molecule has 0 aliphatic heterocycles. The Balaban J connectivity index is 1.81. The number of thiocarbonyl (C=S) groups is 1. The van der Waals surface area contributed by atoms with Gasteiger partial charge in [0.15, 0.2) is 10.9 Å². The highest BCUT2D eigenvalue weighted by Gasteiger charge is 2.14. The molecule has 0 aliphatic rings. The lowest BCUT2D eigenvalue weighted by Crippen LogP contribution is -2.21. The highest BCUT2D eigenvalue weighted by Crippen LogP contribution is 2.29. The van der Waals surface area contributed by atoms with Gasteiger partial charge in [-0.3, -0.25) is 4.79 Å². The summed E-state index contributed by atoms with van der Waals surface area (Å²) in [6, 6.07) is 21.5. The Morgan fingerprint density at radius 2 is 1.38 bits per heavy atom. The van der Waals surface area contributed by atoms with Crippen LogP contribution in [0.3, 0.4) is 0 Å². The fourth-order valence-electron chi connectivity index (χ4n) is 2.41. The largest absolute Gasteiger partial charge is 0.332 e. The van der Waals surface area contributed by atoms with Crippen molar-refractivity contribution in [2.45, 2.75) is 0 Å². The average molecular weight is 401 g/mol. The molecule has 0 amide bonds. The van der Waals surface area contributed by atoms with Gasteiger partial charge < -0.3 is 10.6 Å².